The summed E-state index contributed by atoms with van der Waals surface area (Å²) in [4.78, 5) is 11.7. The van der Waals surface area contributed by atoms with Crippen LogP contribution in [-0.2, 0) is 16.1 Å². The molecule has 1 N–H and O–H groups in total. The fraction of sp³-hybridized carbons (Fsp3) is 0.500. The van der Waals surface area contributed by atoms with Crippen molar-refractivity contribution in [1.29, 1.82) is 0 Å². The number of benzene rings is 1. The van der Waals surface area contributed by atoms with E-state index in [2.05, 4.69) is 6.08 Å². The smallest absolute Gasteiger partial charge is 0.332 e. The zero-order valence-electron chi connectivity index (χ0n) is 16.0. The molecule has 0 amide bonds. The third-order valence-electron chi connectivity index (χ3n) is 5.33. The summed E-state index contributed by atoms with van der Waals surface area (Å²) in [7, 11) is 1.66. The van der Waals surface area contributed by atoms with Crippen molar-refractivity contribution in [3.63, 3.8) is 0 Å². The minimum atomic E-state index is -0.774. The summed E-state index contributed by atoms with van der Waals surface area (Å²) in [5.74, 6) is 0.918. The lowest BCUT2D eigenvalue weighted by Gasteiger charge is -2.38. The molecule has 0 heterocycles. The fourth-order valence-electron chi connectivity index (χ4n) is 4.10. The molecule has 0 unspecified atom stereocenters. The van der Waals surface area contributed by atoms with Crippen LogP contribution in [0.15, 0.2) is 47.1 Å². The molecule has 0 saturated heterocycles. The predicted molar refractivity (Wildman–Crippen MR) is 101 cm³/mol. The maximum atomic E-state index is 11.7. The Kier molecular flexibility index (Phi) is 5.24. The fourth-order valence-corrected chi connectivity index (χ4v) is 4.10. The van der Waals surface area contributed by atoms with E-state index in [-0.39, 0.29) is 5.41 Å². The molecule has 3 rings (SSSR count). The summed E-state index contributed by atoms with van der Waals surface area (Å²) in [5.41, 5.74) is 3.79. The van der Waals surface area contributed by atoms with Crippen LogP contribution in [0.4, 0.5) is 0 Å². The molecule has 1 saturated carbocycles. The zero-order valence-corrected chi connectivity index (χ0v) is 16.0. The van der Waals surface area contributed by atoms with Crippen LogP contribution in [0.3, 0.4) is 0 Å². The summed E-state index contributed by atoms with van der Waals surface area (Å²) >= 11 is 0. The molecule has 0 radical (unpaired) electrons. The van der Waals surface area contributed by atoms with Gasteiger partial charge in [0, 0.05) is 11.5 Å². The predicted octanol–water partition coefficient (Wildman–Crippen LogP) is 4.61. The monoisotopic (exact) mass is 356 g/mol. The summed E-state index contributed by atoms with van der Waals surface area (Å²) in [5, 5.41) is 9.62. The van der Waals surface area contributed by atoms with Crippen LogP contribution >= 0.6 is 0 Å². The van der Waals surface area contributed by atoms with Gasteiger partial charge >= 0.3 is 5.97 Å². The van der Waals surface area contributed by atoms with Crippen molar-refractivity contribution in [2.75, 3.05) is 13.7 Å². The van der Waals surface area contributed by atoms with Gasteiger partial charge in [-0.15, -0.1) is 0 Å². The standard InChI is InChI=1S/C22H28O4/c1-22(2,3)20(21(23)24)19-11-16-9-15(10-18(16)19)13-26-12-14-5-7-17(25-4)8-6-14/h5-8,10,16,18H,9,11-13H2,1-4H3,(H,23,24)/b20-19-/t16-,18-/m0/s1. The number of fused-ring (bicyclic) bond motifs is 1. The first kappa shape index (κ1) is 18.7. The number of carboxylic acid groups (broad SMARTS) is 1. The lowest BCUT2D eigenvalue weighted by molar-refractivity contribution is -0.133. The van der Waals surface area contributed by atoms with E-state index in [4.69, 9.17) is 9.47 Å². The number of ether oxygens (including phenoxy) is 2. The van der Waals surface area contributed by atoms with E-state index in [1.165, 1.54) is 5.57 Å². The van der Waals surface area contributed by atoms with Gasteiger partial charge in [-0.1, -0.05) is 44.6 Å². The zero-order chi connectivity index (χ0) is 18.9. The first-order valence-electron chi connectivity index (χ1n) is 9.16. The van der Waals surface area contributed by atoms with Gasteiger partial charge in [0.15, 0.2) is 0 Å². The Hall–Kier alpha value is -2.07. The number of rotatable bonds is 6. The maximum Gasteiger partial charge on any atom is 0.332 e. The van der Waals surface area contributed by atoms with Gasteiger partial charge in [0.25, 0.3) is 0 Å². The molecule has 0 spiro atoms. The SMILES string of the molecule is COc1ccc(COCC2=C[C@@H]3/C(=C(/C(=O)O)C(C)(C)C)C[C@@H]3C2)cc1. The van der Waals surface area contributed by atoms with Gasteiger partial charge < -0.3 is 14.6 Å². The van der Waals surface area contributed by atoms with Crippen molar-refractivity contribution < 1.29 is 19.4 Å². The van der Waals surface area contributed by atoms with Crippen molar-refractivity contribution in [3.05, 3.63) is 52.6 Å². The minimum absolute atomic E-state index is 0.292. The molecule has 2 atom stereocenters. The molecule has 1 aromatic carbocycles. The average molecular weight is 356 g/mol. The van der Waals surface area contributed by atoms with Gasteiger partial charge in [0.05, 0.1) is 20.3 Å². The molecule has 0 aromatic heterocycles. The largest absolute Gasteiger partial charge is 0.497 e. The van der Waals surface area contributed by atoms with Crippen LogP contribution in [0.2, 0.25) is 0 Å². The molecule has 4 heteroatoms. The minimum Gasteiger partial charge on any atom is -0.497 e. The Morgan fingerprint density at radius 2 is 1.85 bits per heavy atom. The molecular weight excluding hydrogens is 328 g/mol. The third-order valence-corrected chi connectivity index (χ3v) is 5.33. The highest BCUT2D eigenvalue weighted by molar-refractivity contribution is 5.89. The Bertz CT molecular complexity index is 734. The second-order valence-corrected chi connectivity index (χ2v) is 8.32. The van der Waals surface area contributed by atoms with Crippen molar-refractivity contribution in [2.45, 2.75) is 40.2 Å². The van der Waals surface area contributed by atoms with Gasteiger partial charge in [0.1, 0.15) is 5.75 Å². The van der Waals surface area contributed by atoms with Gasteiger partial charge in [-0.3, -0.25) is 0 Å². The molecule has 1 aromatic rings. The molecule has 140 valence electrons. The lowest BCUT2D eigenvalue weighted by atomic mass is 9.65. The van der Waals surface area contributed by atoms with Crippen molar-refractivity contribution in [2.24, 2.45) is 17.3 Å². The quantitative estimate of drug-likeness (QED) is 0.597. The number of methoxy groups -OCH3 is 1. The lowest BCUT2D eigenvalue weighted by Crippen LogP contribution is -2.31. The van der Waals surface area contributed by atoms with E-state index >= 15 is 0 Å². The van der Waals surface area contributed by atoms with Crippen molar-refractivity contribution in [3.8, 4) is 5.75 Å². The van der Waals surface area contributed by atoms with Crippen LogP contribution in [-0.4, -0.2) is 24.8 Å². The normalized spacial score (nSPS) is 23.8. The van der Waals surface area contributed by atoms with Crippen molar-refractivity contribution in [1.82, 2.24) is 0 Å². The molecular formula is C22H28O4. The highest BCUT2D eigenvalue weighted by Gasteiger charge is 2.43. The molecule has 2 aliphatic rings. The van der Waals surface area contributed by atoms with E-state index in [0.29, 0.717) is 30.6 Å². The van der Waals surface area contributed by atoms with Crippen LogP contribution < -0.4 is 4.74 Å². The average Bonchev–Trinajstić information content (AvgIpc) is 2.88. The Balaban J connectivity index is 1.60. The number of carbonyl (C=O) groups is 1. The number of hydrogen-bond donors (Lipinski definition) is 1. The van der Waals surface area contributed by atoms with Gasteiger partial charge in [0.2, 0.25) is 0 Å². The summed E-state index contributed by atoms with van der Waals surface area (Å²) in [6.45, 7) is 7.13. The highest BCUT2D eigenvalue weighted by atomic mass is 16.5. The Morgan fingerprint density at radius 1 is 1.15 bits per heavy atom. The molecule has 0 aliphatic heterocycles. The second-order valence-electron chi connectivity index (χ2n) is 8.32. The van der Waals surface area contributed by atoms with Gasteiger partial charge in [-0.2, -0.15) is 0 Å². The number of aliphatic carboxylic acids is 1. The van der Waals surface area contributed by atoms with Crippen LogP contribution in [0, 0.1) is 17.3 Å². The van der Waals surface area contributed by atoms with Gasteiger partial charge in [-0.25, -0.2) is 4.79 Å². The summed E-state index contributed by atoms with van der Waals surface area (Å²) < 4.78 is 11.0. The molecule has 26 heavy (non-hydrogen) atoms. The van der Waals surface area contributed by atoms with Crippen LogP contribution in [0.5, 0.6) is 5.75 Å². The maximum absolute atomic E-state index is 11.7. The summed E-state index contributed by atoms with van der Waals surface area (Å²) in [6, 6.07) is 7.89. The number of carboxylic acids is 1. The molecule has 2 aliphatic carbocycles. The highest BCUT2D eigenvalue weighted by Crippen LogP contribution is 2.52. The Labute approximate surface area is 155 Å². The first-order chi connectivity index (χ1) is 12.3. The first-order valence-corrected chi connectivity index (χ1v) is 9.16. The topological polar surface area (TPSA) is 55.8 Å². The number of allylic oxidation sites excluding steroid dienone is 2. The number of hydrogen-bond acceptors (Lipinski definition) is 3. The van der Waals surface area contributed by atoms with Crippen LogP contribution in [0.1, 0.15) is 39.2 Å². The van der Waals surface area contributed by atoms with E-state index in [1.807, 2.05) is 45.0 Å². The summed E-state index contributed by atoms with van der Waals surface area (Å²) in [6.07, 6.45) is 4.17. The molecule has 1 fully saturated rings. The molecule has 0 bridgehead atoms. The van der Waals surface area contributed by atoms with E-state index in [1.54, 1.807) is 7.11 Å². The van der Waals surface area contributed by atoms with E-state index in [9.17, 15) is 9.90 Å². The van der Waals surface area contributed by atoms with E-state index < -0.39 is 5.97 Å². The Morgan fingerprint density at radius 3 is 2.42 bits per heavy atom. The van der Waals surface area contributed by atoms with E-state index in [0.717, 1.165) is 29.7 Å². The van der Waals surface area contributed by atoms with Crippen LogP contribution in [0.25, 0.3) is 0 Å². The molecule has 4 nitrogen and oxygen atoms in total. The van der Waals surface area contributed by atoms with Gasteiger partial charge in [-0.05, 0) is 47.4 Å². The van der Waals surface area contributed by atoms with Crippen molar-refractivity contribution >= 4 is 5.97 Å². The second kappa shape index (κ2) is 7.28. The third kappa shape index (κ3) is 3.85.